The van der Waals surface area contributed by atoms with E-state index < -0.39 is 5.41 Å². The zero-order valence-corrected chi connectivity index (χ0v) is 40.8. The Balaban J connectivity index is 0.998. The first-order chi connectivity index (χ1) is 36.2. The van der Waals surface area contributed by atoms with Crippen LogP contribution in [0.5, 0.6) is 0 Å². The highest BCUT2D eigenvalue weighted by Gasteiger charge is 2.46. The molecule has 73 heavy (non-hydrogen) atoms. The minimum atomic E-state index is -0.524. The van der Waals surface area contributed by atoms with Crippen molar-refractivity contribution in [1.82, 2.24) is 0 Å². The van der Waals surface area contributed by atoms with Crippen molar-refractivity contribution in [3.8, 4) is 55.6 Å². The fourth-order valence-corrected chi connectivity index (χ4v) is 13.3. The molecule has 12 aromatic carbocycles. The zero-order chi connectivity index (χ0) is 48.3. The Morgan fingerprint density at radius 2 is 0.808 bits per heavy atom. The van der Waals surface area contributed by atoms with Gasteiger partial charge in [-0.3, -0.25) is 0 Å². The maximum Gasteiger partial charge on any atom is 0.0713 e. The van der Waals surface area contributed by atoms with Crippen molar-refractivity contribution in [1.29, 1.82) is 0 Å². The summed E-state index contributed by atoms with van der Waals surface area (Å²) in [6.07, 6.45) is 0. The van der Waals surface area contributed by atoms with Crippen LogP contribution >= 0.6 is 11.3 Å². The molecule has 13 aromatic rings. The maximum absolute atomic E-state index is 2.50. The van der Waals surface area contributed by atoms with Crippen molar-refractivity contribution in [2.75, 3.05) is 4.90 Å². The first kappa shape index (κ1) is 42.8. The molecular formula is C71H47NS. The first-order valence-electron chi connectivity index (χ1n) is 25.2. The van der Waals surface area contributed by atoms with Gasteiger partial charge in [0, 0.05) is 37.0 Å². The highest BCUT2D eigenvalue weighted by Crippen LogP contribution is 2.57. The fraction of sp³-hybridized carbons (Fsp3) is 0.0141. The van der Waals surface area contributed by atoms with E-state index in [4.69, 9.17) is 0 Å². The van der Waals surface area contributed by atoms with Crippen LogP contribution in [0.1, 0.15) is 22.3 Å². The van der Waals surface area contributed by atoms with Crippen LogP contribution in [0.2, 0.25) is 0 Å². The van der Waals surface area contributed by atoms with E-state index in [1.54, 1.807) is 0 Å². The molecule has 1 aromatic heterocycles. The van der Waals surface area contributed by atoms with Crippen molar-refractivity contribution < 1.29 is 0 Å². The van der Waals surface area contributed by atoms with Gasteiger partial charge < -0.3 is 4.90 Å². The largest absolute Gasteiger partial charge is 0.309 e. The third kappa shape index (κ3) is 6.90. The Morgan fingerprint density at radius 1 is 0.301 bits per heavy atom. The Bertz CT molecular complexity index is 4150. The summed E-state index contributed by atoms with van der Waals surface area (Å²) in [5.41, 5.74) is 19.9. The Kier molecular flexibility index (Phi) is 10.3. The third-order valence-electron chi connectivity index (χ3n) is 15.2. The van der Waals surface area contributed by atoms with Crippen LogP contribution in [0, 0.1) is 0 Å². The molecule has 0 fully saturated rings. The van der Waals surface area contributed by atoms with Crippen LogP contribution in [0.3, 0.4) is 0 Å². The molecule has 0 atom stereocenters. The van der Waals surface area contributed by atoms with Gasteiger partial charge in [-0.25, -0.2) is 0 Å². The smallest absolute Gasteiger partial charge is 0.0713 e. The minimum absolute atomic E-state index is 0.524. The number of nitrogens with zero attached hydrogens (tertiary/aromatic N) is 1. The summed E-state index contributed by atoms with van der Waals surface area (Å²) in [6.45, 7) is 0. The molecule has 14 rings (SSSR count). The van der Waals surface area contributed by atoms with Gasteiger partial charge in [0.2, 0.25) is 0 Å². The molecule has 1 heterocycles. The topological polar surface area (TPSA) is 3.24 Å². The van der Waals surface area contributed by atoms with E-state index in [2.05, 4.69) is 290 Å². The third-order valence-corrected chi connectivity index (χ3v) is 16.4. The summed E-state index contributed by atoms with van der Waals surface area (Å²) in [6, 6.07) is 105. The number of rotatable bonds is 9. The van der Waals surface area contributed by atoms with E-state index in [-0.39, 0.29) is 0 Å². The lowest BCUT2D eigenvalue weighted by Gasteiger charge is -2.34. The summed E-state index contributed by atoms with van der Waals surface area (Å²) in [7, 11) is 0. The molecule has 0 spiro atoms. The van der Waals surface area contributed by atoms with Crippen molar-refractivity contribution in [3.63, 3.8) is 0 Å². The second-order valence-electron chi connectivity index (χ2n) is 19.1. The van der Waals surface area contributed by atoms with Crippen LogP contribution in [-0.4, -0.2) is 0 Å². The van der Waals surface area contributed by atoms with Crippen LogP contribution in [0.4, 0.5) is 17.1 Å². The van der Waals surface area contributed by atoms with E-state index in [9.17, 15) is 0 Å². The Morgan fingerprint density at radius 3 is 1.55 bits per heavy atom. The van der Waals surface area contributed by atoms with Crippen molar-refractivity contribution >= 4 is 59.3 Å². The predicted molar refractivity (Wildman–Crippen MR) is 311 cm³/mol. The highest BCUT2D eigenvalue weighted by atomic mass is 32.1. The van der Waals surface area contributed by atoms with Crippen LogP contribution < -0.4 is 4.90 Å². The molecule has 0 saturated carbocycles. The van der Waals surface area contributed by atoms with Crippen LogP contribution in [0.25, 0.3) is 86.6 Å². The molecule has 0 amide bonds. The molecule has 0 bridgehead atoms. The summed E-state index contributed by atoms with van der Waals surface area (Å²) in [5, 5.41) is 5.06. The van der Waals surface area contributed by atoms with Crippen LogP contribution in [0.15, 0.2) is 285 Å². The molecule has 0 saturated heterocycles. The number of thiophene rings is 1. The summed E-state index contributed by atoms with van der Waals surface area (Å²) < 4.78 is 2.63. The molecule has 0 unspecified atom stereocenters. The monoisotopic (exact) mass is 945 g/mol. The van der Waals surface area contributed by atoms with Gasteiger partial charge in [0.05, 0.1) is 16.8 Å². The molecule has 1 nitrogen and oxygen atoms in total. The number of benzene rings is 12. The van der Waals surface area contributed by atoms with Gasteiger partial charge in [-0.15, -0.1) is 11.3 Å². The van der Waals surface area contributed by atoms with Gasteiger partial charge in [0.1, 0.15) is 0 Å². The SMILES string of the molecule is c1ccc(-c2cccc3cccc(-c4ccccc4N(c4ccc(-c5cccc6c5sc5ccccc56)cc4)c4ccccc4-c4ccc5c(c4)C(c4ccccc4)(c4ccccc4)c4ccccc4-5)c23)cc1. The number of anilines is 3. The summed E-state index contributed by atoms with van der Waals surface area (Å²) >= 11 is 1.88. The number of para-hydroxylation sites is 2. The maximum atomic E-state index is 2.50. The van der Waals surface area contributed by atoms with Gasteiger partial charge in [-0.1, -0.05) is 249 Å². The molecule has 1 aliphatic rings. The van der Waals surface area contributed by atoms with E-state index in [0.29, 0.717) is 0 Å². The molecule has 0 aliphatic heterocycles. The van der Waals surface area contributed by atoms with E-state index >= 15 is 0 Å². The lowest BCUT2D eigenvalue weighted by molar-refractivity contribution is 0.769. The standard InChI is InChI=1S/C71H47NS/c1-4-21-48(22-5-1)56-33-18-23-50-24-19-35-62(69(50)56)60-31-12-16-39-67(60)72(54-44-41-49(42-45-54)57-34-20-36-63-61-32-13-17-40-68(61)73-70(57)63)66-38-15-11-29-55(66)51-43-46-59-58-30-10-14-37-64(58)71(65(59)47-51,52-25-6-2-7-26-52)53-27-8-3-9-28-53/h1-47H. The molecule has 2 heteroatoms. The number of hydrogen-bond donors (Lipinski definition) is 0. The average Bonchev–Trinajstić information content (AvgIpc) is 4.00. The second kappa shape index (κ2) is 17.6. The highest BCUT2D eigenvalue weighted by molar-refractivity contribution is 7.26. The predicted octanol–water partition coefficient (Wildman–Crippen LogP) is 19.7. The van der Waals surface area contributed by atoms with E-state index in [1.165, 1.54) is 92.1 Å². The van der Waals surface area contributed by atoms with Crippen molar-refractivity contribution in [2.24, 2.45) is 0 Å². The van der Waals surface area contributed by atoms with E-state index in [0.717, 1.165) is 33.8 Å². The second-order valence-corrected chi connectivity index (χ2v) is 20.1. The van der Waals surface area contributed by atoms with Crippen molar-refractivity contribution in [2.45, 2.75) is 5.41 Å². The summed E-state index contributed by atoms with van der Waals surface area (Å²) in [5.74, 6) is 0. The molecule has 342 valence electrons. The van der Waals surface area contributed by atoms with Gasteiger partial charge in [0.15, 0.2) is 0 Å². The number of hydrogen-bond acceptors (Lipinski definition) is 2. The van der Waals surface area contributed by atoms with Gasteiger partial charge in [0.25, 0.3) is 0 Å². The van der Waals surface area contributed by atoms with Gasteiger partial charge in [-0.05, 0) is 114 Å². The average molecular weight is 946 g/mol. The first-order valence-corrected chi connectivity index (χ1v) is 26.0. The lowest BCUT2D eigenvalue weighted by Crippen LogP contribution is -2.28. The molecule has 1 aliphatic carbocycles. The normalized spacial score (nSPS) is 12.5. The van der Waals surface area contributed by atoms with E-state index in [1.807, 2.05) is 11.3 Å². The Labute approximate surface area is 430 Å². The molecule has 0 radical (unpaired) electrons. The van der Waals surface area contributed by atoms with Crippen molar-refractivity contribution in [3.05, 3.63) is 307 Å². The number of fused-ring (bicyclic) bond motifs is 7. The molecular weight excluding hydrogens is 899 g/mol. The van der Waals surface area contributed by atoms with Gasteiger partial charge in [-0.2, -0.15) is 0 Å². The fourth-order valence-electron chi connectivity index (χ4n) is 12.0. The quantitative estimate of drug-likeness (QED) is 0.139. The zero-order valence-electron chi connectivity index (χ0n) is 40.0. The lowest BCUT2D eigenvalue weighted by atomic mass is 9.67. The summed E-state index contributed by atoms with van der Waals surface area (Å²) in [4.78, 5) is 2.50. The Hall–Kier alpha value is -9.08. The van der Waals surface area contributed by atoms with Crippen LogP contribution in [-0.2, 0) is 5.41 Å². The minimum Gasteiger partial charge on any atom is -0.309 e. The molecule has 0 N–H and O–H groups in total. The van der Waals surface area contributed by atoms with Gasteiger partial charge >= 0.3 is 0 Å².